The Bertz CT molecular complexity index is 3860. The summed E-state index contributed by atoms with van der Waals surface area (Å²) >= 11 is 0. The number of likely N-dealkylation sites (tertiary alicyclic amines) is 2. The summed E-state index contributed by atoms with van der Waals surface area (Å²) in [6.07, 6.45) is 17.4. The lowest BCUT2D eigenvalue weighted by molar-refractivity contribution is -0.112. The average Bonchev–Trinajstić information content (AvgIpc) is 1.60. The summed E-state index contributed by atoms with van der Waals surface area (Å²) in [5.41, 5.74) is 8.24. The highest BCUT2D eigenvalue weighted by atomic mass is 16.6. The summed E-state index contributed by atoms with van der Waals surface area (Å²) in [4.78, 5) is 79.3. The molecule has 9 aliphatic rings. The molecule has 3 saturated heterocycles. The predicted octanol–water partition coefficient (Wildman–Crippen LogP) is 16.2. The molecule has 15 rings (SSSR count). The van der Waals surface area contributed by atoms with E-state index in [9.17, 15) is 28.8 Å². The van der Waals surface area contributed by atoms with Gasteiger partial charge in [-0.2, -0.15) is 0 Å². The molecule has 6 saturated carbocycles. The van der Waals surface area contributed by atoms with Crippen molar-refractivity contribution in [3.8, 4) is 0 Å². The molecular weight excluding hydrogens is 1320 g/mol. The molecule has 17 nitrogen and oxygen atoms in total. The zero-order valence-corrected chi connectivity index (χ0v) is 62.6. The molecule has 0 radical (unpaired) electrons. The maximum absolute atomic E-state index is 13.3. The topological polar surface area (TPSA) is 219 Å². The Labute approximate surface area is 621 Å². The van der Waals surface area contributed by atoms with Gasteiger partial charge in [-0.25, -0.2) is 24.0 Å². The normalized spacial score (nSPS) is 23.5. The molecule has 2 amide bonds. The highest BCUT2D eigenvalue weighted by Crippen LogP contribution is 2.54. The zero-order valence-electron chi connectivity index (χ0n) is 62.6. The Morgan fingerprint density at radius 1 is 0.457 bits per heavy atom. The Kier molecular flexibility index (Phi) is 24.2. The molecule has 6 aromatic carbocycles. The van der Waals surface area contributed by atoms with E-state index < -0.39 is 29.1 Å². The first-order valence-corrected chi connectivity index (χ1v) is 38.8. The highest BCUT2D eigenvalue weighted by Gasteiger charge is 2.55. The van der Waals surface area contributed by atoms with Crippen molar-refractivity contribution in [1.82, 2.24) is 30.2 Å². The van der Waals surface area contributed by atoms with E-state index in [-0.39, 0.29) is 35.1 Å². The van der Waals surface area contributed by atoms with Crippen LogP contribution in [-0.4, -0.2) is 173 Å². The van der Waals surface area contributed by atoms with Crippen molar-refractivity contribution in [2.75, 3.05) is 72.0 Å². The molecule has 3 aliphatic heterocycles. The number of carbonyl (C=O) groups excluding carboxylic acids is 3. The van der Waals surface area contributed by atoms with Crippen LogP contribution in [0.3, 0.4) is 0 Å². The zero-order chi connectivity index (χ0) is 74.1. The predicted molar refractivity (Wildman–Crippen MR) is 410 cm³/mol. The molecule has 560 valence electrons. The van der Waals surface area contributed by atoms with Crippen LogP contribution < -0.4 is 10.6 Å². The van der Waals surface area contributed by atoms with Crippen molar-refractivity contribution < 1.29 is 53.6 Å². The number of carboxylic acids is 3. The minimum Gasteiger partial charge on any atom is -0.478 e. The number of hydrogen-bond acceptors (Lipinski definition) is 12. The molecule has 0 spiro atoms. The first kappa shape index (κ1) is 76.4. The minimum atomic E-state index is -0.877. The number of piperidine rings is 3. The van der Waals surface area contributed by atoms with Gasteiger partial charge < -0.3 is 59.8 Å². The third-order valence-corrected chi connectivity index (χ3v) is 23.3. The number of amides is 2. The van der Waals surface area contributed by atoms with Crippen LogP contribution in [0.4, 0.5) is 9.59 Å². The third kappa shape index (κ3) is 21.5. The van der Waals surface area contributed by atoms with Crippen LogP contribution in [0.1, 0.15) is 238 Å². The van der Waals surface area contributed by atoms with Gasteiger partial charge in [0.2, 0.25) is 0 Å². The van der Waals surface area contributed by atoms with E-state index >= 15 is 0 Å². The molecule has 6 aliphatic carbocycles. The van der Waals surface area contributed by atoms with Crippen molar-refractivity contribution in [3.05, 3.63) is 214 Å². The SMILES string of the molecule is CC(C)(C)OC(=O)N(CC1(C=O)CC1)[C@H]1C[C@@H]1c1ccccc1.CC(C)(C)OC(=O)N(CC1(CN2CCC(c3ccc(C(=O)O)cc3)CC2)CC1)[C@H]1C[C@@H]1c1ccccc1.O=C(O)c1ccc(C2CCN(CC3(CN[C@H]4C[C@@H]4c4ccccc4)CC3)CC2)cc1.O=C(O)c1ccc(C2CCNCC2)cc1. The Hall–Kier alpha value is -8.22. The molecule has 3 heterocycles. The van der Waals surface area contributed by atoms with Gasteiger partial charge in [0.05, 0.1) is 16.7 Å². The summed E-state index contributed by atoms with van der Waals surface area (Å²) in [5, 5.41) is 34.2. The smallest absolute Gasteiger partial charge is 0.410 e. The number of nitrogens with zero attached hydrogens (tertiary/aromatic N) is 4. The second-order valence-corrected chi connectivity index (χ2v) is 34.0. The molecule has 105 heavy (non-hydrogen) atoms. The van der Waals surface area contributed by atoms with Crippen molar-refractivity contribution in [3.63, 3.8) is 0 Å². The van der Waals surface area contributed by atoms with Gasteiger partial charge in [-0.05, 0) is 270 Å². The van der Waals surface area contributed by atoms with Crippen LogP contribution in [0.2, 0.25) is 0 Å². The number of nitrogens with one attached hydrogen (secondary N) is 2. The van der Waals surface area contributed by atoms with Crippen LogP contribution in [0, 0.1) is 16.2 Å². The first-order valence-electron chi connectivity index (χ1n) is 38.8. The van der Waals surface area contributed by atoms with Crippen molar-refractivity contribution in [2.24, 2.45) is 16.2 Å². The number of aldehydes is 1. The lowest BCUT2D eigenvalue weighted by Gasteiger charge is -2.37. The maximum atomic E-state index is 13.3. The fraction of sp³-hybridized carbons (Fsp3) is 0.523. The number of ether oxygens (including phenoxy) is 2. The van der Waals surface area contributed by atoms with Crippen LogP contribution >= 0.6 is 0 Å². The van der Waals surface area contributed by atoms with Crippen LogP contribution in [0.25, 0.3) is 0 Å². The number of benzene rings is 6. The first-order chi connectivity index (χ1) is 50.3. The van der Waals surface area contributed by atoms with Gasteiger partial charge in [-0.15, -0.1) is 0 Å². The molecule has 6 atom stereocenters. The number of carboxylic acid groups (broad SMARTS) is 3. The lowest BCUT2D eigenvalue weighted by Crippen LogP contribution is -2.45. The average molecular weight is 1430 g/mol. The fourth-order valence-corrected chi connectivity index (χ4v) is 16.2. The summed E-state index contributed by atoms with van der Waals surface area (Å²) in [6.45, 7) is 22.6. The van der Waals surface area contributed by atoms with Gasteiger partial charge in [-0.1, -0.05) is 127 Å². The van der Waals surface area contributed by atoms with E-state index in [1.807, 2.05) is 107 Å². The van der Waals surface area contributed by atoms with Crippen molar-refractivity contribution in [1.29, 1.82) is 0 Å². The molecular formula is C88H112N6O11. The van der Waals surface area contributed by atoms with E-state index in [0.717, 1.165) is 129 Å². The summed E-state index contributed by atoms with van der Waals surface area (Å²) < 4.78 is 11.4. The number of rotatable bonds is 23. The van der Waals surface area contributed by atoms with Gasteiger partial charge in [0.1, 0.15) is 17.5 Å². The molecule has 17 heteroatoms. The van der Waals surface area contributed by atoms with Crippen LogP contribution in [-0.2, 0) is 14.3 Å². The van der Waals surface area contributed by atoms with Crippen molar-refractivity contribution >= 4 is 36.4 Å². The third-order valence-electron chi connectivity index (χ3n) is 23.3. The Morgan fingerprint density at radius 3 is 1.15 bits per heavy atom. The summed E-state index contributed by atoms with van der Waals surface area (Å²) in [7, 11) is 0. The summed E-state index contributed by atoms with van der Waals surface area (Å²) in [6, 6.07) is 54.9. The monoisotopic (exact) mass is 1430 g/mol. The molecule has 0 bridgehead atoms. The highest BCUT2D eigenvalue weighted by molar-refractivity contribution is 5.88. The minimum absolute atomic E-state index is 0.143. The molecule has 9 fully saturated rings. The Morgan fingerprint density at radius 2 is 0.810 bits per heavy atom. The quantitative estimate of drug-likeness (QED) is 0.0377. The second-order valence-electron chi connectivity index (χ2n) is 34.0. The molecule has 5 N–H and O–H groups in total. The van der Waals surface area contributed by atoms with Gasteiger partial charge in [0.15, 0.2) is 0 Å². The second kappa shape index (κ2) is 33.3. The lowest BCUT2D eigenvalue weighted by atomic mass is 9.88. The van der Waals surface area contributed by atoms with E-state index in [1.165, 1.54) is 72.0 Å². The van der Waals surface area contributed by atoms with Crippen LogP contribution in [0.5, 0.6) is 0 Å². The summed E-state index contributed by atoms with van der Waals surface area (Å²) in [5.74, 6) is 0.519. The standard InChI is InChI=1S/C31H40N2O4.C26H32N2O2.C19H25NO3.C12H15NO2/c1-30(2,3)37-29(36)33(27-19-26(27)24-7-5-4-6-8-24)21-31(15-16-31)20-32-17-13-23(14-18-32)22-9-11-25(12-10-22)28(34)35;29-25(30)22-8-6-19(7-9-22)20-10-14-28(15-11-20)18-26(12-13-26)17-27-24-16-23(24)21-4-2-1-3-5-21;1-18(2,3)23-17(22)20(12-19(13-21)9-10-19)16-11-15(16)14-7-5-4-6-8-14;14-12(15)11-3-1-9(2-4-11)10-5-7-13-8-6-10/h4-12,23,26-27H,13-21H2,1-3H3,(H,34,35);1-9,20,23-24,27H,10-18H2,(H,29,30);4-8,13,15-16H,9-12H2,1-3H3;1-4,10,13H,5-8H2,(H,14,15)/t26-,27+;23-,24+;15-,16+;/m111./s1. The number of aromatic carboxylic acids is 3. The number of carbonyl (C=O) groups is 6. The Balaban J connectivity index is 0.000000137. The van der Waals surface area contributed by atoms with E-state index in [1.54, 1.807) is 41.3 Å². The fourth-order valence-electron chi connectivity index (χ4n) is 16.2. The van der Waals surface area contributed by atoms with Gasteiger partial charge in [-0.3, -0.25) is 0 Å². The number of hydrogen-bond donors (Lipinski definition) is 5. The van der Waals surface area contributed by atoms with Gasteiger partial charge in [0, 0.05) is 79.4 Å². The van der Waals surface area contributed by atoms with Crippen LogP contribution in [0.15, 0.2) is 164 Å². The molecule has 0 aromatic heterocycles. The maximum Gasteiger partial charge on any atom is 0.410 e. The largest absolute Gasteiger partial charge is 0.478 e. The van der Waals surface area contributed by atoms with E-state index in [4.69, 9.17) is 24.8 Å². The molecule has 6 aromatic rings. The van der Waals surface area contributed by atoms with Gasteiger partial charge >= 0.3 is 30.1 Å². The van der Waals surface area contributed by atoms with E-state index in [0.29, 0.717) is 70.2 Å². The molecule has 0 unspecified atom stereocenters. The van der Waals surface area contributed by atoms with Crippen molar-refractivity contribution in [2.45, 2.75) is 203 Å². The van der Waals surface area contributed by atoms with E-state index in [2.05, 4.69) is 87.2 Å². The van der Waals surface area contributed by atoms with Gasteiger partial charge in [0.25, 0.3) is 0 Å².